The Morgan fingerprint density at radius 3 is 2.32 bits per heavy atom. The van der Waals surface area contributed by atoms with Crippen LogP contribution in [0.5, 0.6) is 0 Å². The number of aliphatic imine (C=N–C) groups is 1. The van der Waals surface area contributed by atoms with Crippen molar-refractivity contribution in [2.75, 3.05) is 12.8 Å². The van der Waals surface area contributed by atoms with Crippen molar-refractivity contribution in [3.8, 4) is 0 Å². The summed E-state index contributed by atoms with van der Waals surface area (Å²) in [6.07, 6.45) is 9.32. The summed E-state index contributed by atoms with van der Waals surface area (Å²) in [5.74, 6) is 2.26. The Labute approximate surface area is 139 Å². The van der Waals surface area contributed by atoms with Crippen LogP contribution in [0.4, 0.5) is 0 Å². The van der Waals surface area contributed by atoms with Crippen LogP contribution >= 0.6 is 35.7 Å². The molecule has 0 bridgehead atoms. The van der Waals surface area contributed by atoms with E-state index in [2.05, 4.69) is 34.3 Å². The molecule has 0 radical (unpaired) electrons. The zero-order chi connectivity index (χ0) is 12.8. The van der Waals surface area contributed by atoms with Crippen LogP contribution in [0.3, 0.4) is 0 Å². The fourth-order valence-electron chi connectivity index (χ4n) is 2.77. The molecule has 2 saturated carbocycles. The van der Waals surface area contributed by atoms with E-state index in [4.69, 9.17) is 0 Å². The Hall–Kier alpha value is 0.350. The number of hydrogen-bond donors (Lipinski definition) is 2. The summed E-state index contributed by atoms with van der Waals surface area (Å²) in [5, 5.41) is 8.00. The van der Waals surface area contributed by atoms with Crippen LogP contribution in [0.1, 0.15) is 51.9 Å². The summed E-state index contributed by atoms with van der Waals surface area (Å²) in [7, 11) is 1.88. The van der Waals surface area contributed by atoms with Gasteiger partial charge < -0.3 is 10.6 Å². The van der Waals surface area contributed by atoms with E-state index >= 15 is 0 Å². The molecule has 112 valence electrons. The fraction of sp³-hybridized carbons (Fsp3) is 0.929. The van der Waals surface area contributed by atoms with Gasteiger partial charge in [-0.2, -0.15) is 11.8 Å². The first-order chi connectivity index (χ1) is 8.81. The van der Waals surface area contributed by atoms with E-state index in [0.29, 0.717) is 12.1 Å². The first-order valence-corrected chi connectivity index (χ1v) is 8.48. The SMILES string of the molecule is CCSC1CCCC(NC(=NC)NC2CCC2)C1.I. The highest BCUT2D eigenvalue weighted by atomic mass is 127. The number of nitrogens with zero attached hydrogens (tertiary/aromatic N) is 1. The smallest absolute Gasteiger partial charge is 0.191 e. The molecule has 3 nitrogen and oxygen atoms in total. The molecule has 2 aliphatic carbocycles. The molecule has 2 atom stereocenters. The molecular weight excluding hydrogens is 369 g/mol. The molecule has 2 N–H and O–H groups in total. The van der Waals surface area contributed by atoms with E-state index in [9.17, 15) is 0 Å². The maximum Gasteiger partial charge on any atom is 0.191 e. The highest BCUT2D eigenvalue weighted by Gasteiger charge is 2.24. The molecule has 0 saturated heterocycles. The minimum atomic E-state index is 0. The minimum Gasteiger partial charge on any atom is -0.354 e. The van der Waals surface area contributed by atoms with Crippen LogP contribution in [0.2, 0.25) is 0 Å². The summed E-state index contributed by atoms with van der Waals surface area (Å²) >= 11 is 2.12. The van der Waals surface area contributed by atoms with Gasteiger partial charge in [0.25, 0.3) is 0 Å². The van der Waals surface area contributed by atoms with Gasteiger partial charge in [-0.3, -0.25) is 4.99 Å². The molecule has 0 amide bonds. The largest absolute Gasteiger partial charge is 0.354 e. The maximum absolute atomic E-state index is 4.36. The zero-order valence-electron chi connectivity index (χ0n) is 12.2. The van der Waals surface area contributed by atoms with Crippen LogP contribution in [0, 0.1) is 0 Å². The highest BCUT2D eigenvalue weighted by molar-refractivity contribution is 14.0. The quantitative estimate of drug-likeness (QED) is 0.434. The standard InChI is InChI=1S/C14H27N3S.HI/c1-3-18-13-9-5-8-12(10-13)17-14(15-2)16-11-6-4-7-11;/h11-13H,3-10H2,1-2H3,(H2,15,16,17);1H. The third-order valence-electron chi connectivity index (χ3n) is 4.04. The van der Waals surface area contributed by atoms with Crippen molar-refractivity contribution in [2.24, 2.45) is 4.99 Å². The Balaban J connectivity index is 0.00000180. The second kappa shape index (κ2) is 9.32. The summed E-state index contributed by atoms with van der Waals surface area (Å²) in [6.45, 7) is 2.26. The first kappa shape index (κ1) is 17.4. The Kier molecular flexibility index (Phi) is 8.53. The lowest BCUT2D eigenvalue weighted by Gasteiger charge is -2.33. The molecule has 5 heteroatoms. The van der Waals surface area contributed by atoms with E-state index in [1.165, 1.54) is 50.7 Å². The topological polar surface area (TPSA) is 36.4 Å². The van der Waals surface area contributed by atoms with Gasteiger partial charge in [0.1, 0.15) is 0 Å². The number of rotatable bonds is 4. The average molecular weight is 397 g/mol. The van der Waals surface area contributed by atoms with Gasteiger partial charge in [-0.25, -0.2) is 0 Å². The van der Waals surface area contributed by atoms with Gasteiger partial charge in [-0.1, -0.05) is 13.3 Å². The lowest BCUT2D eigenvalue weighted by Crippen LogP contribution is -2.50. The normalized spacial score (nSPS) is 28.2. The van der Waals surface area contributed by atoms with Crippen LogP contribution in [-0.4, -0.2) is 36.1 Å². The monoisotopic (exact) mass is 397 g/mol. The van der Waals surface area contributed by atoms with Gasteiger partial charge in [0.05, 0.1) is 0 Å². The van der Waals surface area contributed by atoms with Gasteiger partial charge in [-0.15, -0.1) is 24.0 Å². The highest BCUT2D eigenvalue weighted by Crippen LogP contribution is 2.28. The second-order valence-corrected chi connectivity index (χ2v) is 7.01. The first-order valence-electron chi connectivity index (χ1n) is 7.43. The fourth-order valence-corrected chi connectivity index (χ4v) is 3.95. The van der Waals surface area contributed by atoms with Crippen LogP contribution in [0.15, 0.2) is 4.99 Å². The predicted molar refractivity (Wildman–Crippen MR) is 96.9 cm³/mol. The molecule has 0 heterocycles. The molecular formula is C14H28IN3S. The summed E-state index contributed by atoms with van der Waals surface area (Å²) in [5.41, 5.74) is 0. The van der Waals surface area contributed by atoms with Gasteiger partial charge in [0.15, 0.2) is 5.96 Å². The Morgan fingerprint density at radius 2 is 1.74 bits per heavy atom. The third-order valence-corrected chi connectivity index (χ3v) is 5.27. The summed E-state index contributed by atoms with van der Waals surface area (Å²) < 4.78 is 0. The Morgan fingerprint density at radius 1 is 1.11 bits per heavy atom. The molecule has 0 aromatic carbocycles. The van der Waals surface area contributed by atoms with Crippen LogP contribution in [0.25, 0.3) is 0 Å². The molecule has 19 heavy (non-hydrogen) atoms. The lowest BCUT2D eigenvalue weighted by molar-refractivity contribution is 0.370. The molecule has 2 aliphatic rings. The predicted octanol–water partition coefficient (Wildman–Crippen LogP) is 3.39. The van der Waals surface area contributed by atoms with Crippen LogP contribution in [-0.2, 0) is 0 Å². The number of guanidine groups is 1. The second-order valence-electron chi connectivity index (χ2n) is 5.43. The van der Waals surface area contributed by atoms with Crippen LogP contribution < -0.4 is 10.6 Å². The molecule has 0 aliphatic heterocycles. The van der Waals surface area contributed by atoms with Crippen molar-refractivity contribution in [1.29, 1.82) is 0 Å². The van der Waals surface area contributed by atoms with Crippen molar-refractivity contribution in [3.63, 3.8) is 0 Å². The van der Waals surface area contributed by atoms with Crippen molar-refractivity contribution in [2.45, 2.75) is 69.2 Å². The van der Waals surface area contributed by atoms with Gasteiger partial charge in [0, 0.05) is 24.4 Å². The van der Waals surface area contributed by atoms with Crippen molar-refractivity contribution >= 4 is 41.7 Å². The third kappa shape index (κ3) is 5.69. The van der Waals surface area contributed by atoms with Crippen molar-refractivity contribution < 1.29 is 0 Å². The molecule has 2 rings (SSSR count). The van der Waals surface area contributed by atoms with E-state index < -0.39 is 0 Å². The van der Waals surface area contributed by atoms with E-state index in [1.54, 1.807) is 0 Å². The Bertz CT molecular complexity index is 280. The van der Waals surface area contributed by atoms with Gasteiger partial charge in [0.2, 0.25) is 0 Å². The van der Waals surface area contributed by atoms with E-state index in [1.807, 2.05) is 7.05 Å². The minimum absolute atomic E-state index is 0. The number of hydrogen-bond acceptors (Lipinski definition) is 2. The van der Waals surface area contributed by atoms with Crippen molar-refractivity contribution in [3.05, 3.63) is 0 Å². The number of thioether (sulfide) groups is 1. The van der Waals surface area contributed by atoms with Crippen molar-refractivity contribution in [1.82, 2.24) is 10.6 Å². The molecule has 0 aromatic rings. The van der Waals surface area contributed by atoms with E-state index in [0.717, 1.165) is 11.2 Å². The molecule has 0 aromatic heterocycles. The average Bonchev–Trinajstić information content (AvgIpc) is 2.33. The maximum atomic E-state index is 4.36. The summed E-state index contributed by atoms with van der Waals surface area (Å²) in [6, 6.07) is 1.29. The zero-order valence-corrected chi connectivity index (χ0v) is 15.3. The molecule has 2 unspecified atom stereocenters. The van der Waals surface area contributed by atoms with Gasteiger partial charge >= 0.3 is 0 Å². The molecule has 2 fully saturated rings. The molecule has 0 spiro atoms. The number of halogens is 1. The van der Waals surface area contributed by atoms with E-state index in [-0.39, 0.29) is 24.0 Å². The lowest BCUT2D eigenvalue weighted by atomic mass is 9.93. The van der Waals surface area contributed by atoms with Gasteiger partial charge in [-0.05, 0) is 44.3 Å². The summed E-state index contributed by atoms with van der Waals surface area (Å²) in [4.78, 5) is 4.36. The number of nitrogens with one attached hydrogen (secondary N) is 2.